The minimum Gasteiger partial charge on any atom is -0.510 e. The van der Waals surface area contributed by atoms with Gasteiger partial charge in [-0.3, -0.25) is 0 Å². The third-order valence-corrected chi connectivity index (χ3v) is 1.10. The highest BCUT2D eigenvalue weighted by atomic mass is 16.5. The van der Waals surface area contributed by atoms with Crippen LogP contribution in [0, 0.1) is 0 Å². The van der Waals surface area contributed by atoms with Crippen LogP contribution in [-0.2, 0) is 0 Å². The second-order valence-corrected chi connectivity index (χ2v) is 1.77. The molecule has 44 valence electrons. The summed E-state index contributed by atoms with van der Waals surface area (Å²) in [4.78, 5) is 0. The van der Waals surface area contributed by atoms with Crippen molar-refractivity contribution < 1.29 is 10.2 Å². The van der Waals surface area contributed by atoms with Crippen LogP contribution in [-0.4, -0.2) is 16.3 Å². The average molecular weight is 118 g/mol. The van der Waals surface area contributed by atoms with E-state index < -0.39 is 6.10 Å². The van der Waals surface area contributed by atoms with Crippen LogP contribution >= 0.6 is 0 Å². The van der Waals surface area contributed by atoms with E-state index >= 15 is 0 Å². The Kier molecular flexibility index (Phi) is 1.35. The first-order chi connectivity index (χ1) is 3.80. The van der Waals surface area contributed by atoms with E-state index in [4.69, 9.17) is 10.2 Å². The number of aliphatic hydroxyl groups is 2. The summed E-state index contributed by atoms with van der Waals surface area (Å²) in [5.41, 5.74) is 0. The molecule has 0 bridgehead atoms. The SMILES string of the molecule is O[13C]1=[13CH][13CH]=[13CH][13CH2][13CH]1O. The van der Waals surface area contributed by atoms with Crippen LogP contribution in [0.4, 0.5) is 0 Å². The standard InChI is InChI=1S/C6H8O2/c7-5-3-1-2-4-6(5)8/h1-3,6-8H,4H2/i1+1,2+1,3+1,4+1,5+1,6+1. The molecule has 2 nitrogen and oxygen atoms in total. The van der Waals surface area contributed by atoms with E-state index in [1.54, 1.807) is 6.08 Å². The van der Waals surface area contributed by atoms with Gasteiger partial charge in [-0.1, -0.05) is 12.2 Å². The second kappa shape index (κ2) is 2.01. The van der Waals surface area contributed by atoms with Crippen LogP contribution in [0.5, 0.6) is 0 Å². The van der Waals surface area contributed by atoms with Gasteiger partial charge in [0.15, 0.2) is 0 Å². The lowest BCUT2D eigenvalue weighted by atomic mass is 11.1. The molecule has 0 aromatic rings. The maximum Gasteiger partial charge on any atom is 0.121 e. The molecule has 1 aliphatic rings. The van der Waals surface area contributed by atoms with E-state index in [0.29, 0.717) is 6.42 Å². The van der Waals surface area contributed by atoms with Crippen molar-refractivity contribution in [2.45, 2.75) is 12.5 Å². The molecule has 1 atom stereocenters. The number of aliphatic hydroxyl groups excluding tert-OH is 2. The van der Waals surface area contributed by atoms with Crippen LogP contribution in [0.25, 0.3) is 0 Å². The molecule has 0 radical (unpaired) electrons. The fraction of sp³-hybridized carbons (Fsp3) is 0.333. The Morgan fingerprint density at radius 1 is 1.62 bits per heavy atom. The number of allylic oxidation sites excluding steroid dienone is 2. The molecule has 0 saturated heterocycles. The minimum atomic E-state index is -0.667. The number of hydrogen-bond acceptors (Lipinski definition) is 2. The highest BCUT2D eigenvalue weighted by Gasteiger charge is 2.07. The van der Waals surface area contributed by atoms with E-state index in [1.807, 2.05) is 6.08 Å². The van der Waals surface area contributed by atoms with Crippen molar-refractivity contribution in [3.63, 3.8) is 0 Å². The summed E-state index contributed by atoms with van der Waals surface area (Å²) in [6.07, 6.45) is 4.89. The van der Waals surface area contributed by atoms with E-state index in [2.05, 4.69) is 0 Å². The van der Waals surface area contributed by atoms with Gasteiger partial charge in [0.1, 0.15) is 11.9 Å². The topological polar surface area (TPSA) is 40.5 Å². The van der Waals surface area contributed by atoms with Crippen LogP contribution < -0.4 is 0 Å². The summed E-state index contributed by atoms with van der Waals surface area (Å²) >= 11 is 0. The molecule has 1 aliphatic carbocycles. The zero-order chi connectivity index (χ0) is 5.98. The largest absolute Gasteiger partial charge is 0.510 e. The van der Waals surface area contributed by atoms with Crippen molar-refractivity contribution in [3.05, 3.63) is 24.0 Å². The van der Waals surface area contributed by atoms with E-state index in [0.717, 1.165) is 0 Å². The van der Waals surface area contributed by atoms with Gasteiger partial charge in [-0.25, -0.2) is 0 Å². The summed E-state index contributed by atoms with van der Waals surface area (Å²) in [6.45, 7) is 0. The van der Waals surface area contributed by atoms with Gasteiger partial charge in [-0.15, -0.1) is 0 Å². The van der Waals surface area contributed by atoms with E-state index in [9.17, 15) is 0 Å². The predicted octanol–water partition coefficient (Wildman–Crippen LogP) is 0.749. The molecule has 0 spiro atoms. The molecule has 1 unspecified atom stereocenters. The zero-order valence-corrected chi connectivity index (χ0v) is 4.41. The smallest absolute Gasteiger partial charge is 0.121 e. The molecule has 0 saturated carbocycles. The molecule has 0 heterocycles. The first kappa shape index (κ1) is 5.38. The van der Waals surface area contributed by atoms with Crippen molar-refractivity contribution in [3.8, 4) is 0 Å². The molecule has 0 aromatic carbocycles. The van der Waals surface area contributed by atoms with E-state index in [1.165, 1.54) is 6.08 Å². The maximum atomic E-state index is 8.81. The minimum absolute atomic E-state index is 0.0625. The second-order valence-electron chi connectivity index (χ2n) is 1.77. The summed E-state index contributed by atoms with van der Waals surface area (Å²) in [5.74, 6) is 0.0625. The Hall–Kier alpha value is -0.760. The molecule has 0 amide bonds. The van der Waals surface area contributed by atoms with Crippen molar-refractivity contribution in [2.75, 3.05) is 0 Å². The number of rotatable bonds is 0. The summed E-state index contributed by atoms with van der Waals surface area (Å²) in [6, 6.07) is 0. The molecule has 1 rings (SSSR count). The first-order valence-corrected chi connectivity index (χ1v) is 2.54. The lowest BCUT2D eigenvalue weighted by Gasteiger charge is -2.08. The lowest BCUT2D eigenvalue weighted by molar-refractivity contribution is 0.154. The Morgan fingerprint density at radius 3 is 2.75 bits per heavy atom. The molecular formula is C6H8O2. The number of hydrogen-bond donors (Lipinski definition) is 2. The molecule has 0 aromatic heterocycles. The van der Waals surface area contributed by atoms with Crippen molar-refractivity contribution >= 4 is 0 Å². The molecule has 2 N–H and O–H groups in total. The van der Waals surface area contributed by atoms with Crippen LogP contribution in [0.3, 0.4) is 0 Å². The molecule has 8 heavy (non-hydrogen) atoms. The predicted molar refractivity (Wildman–Crippen MR) is 30.5 cm³/mol. The summed E-state index contributed by atoms with van der Waals surface area (Å²) in [5, 5.41) is 17.5. The normalized spacial score (nSPS) is 27.6. The van der Waals surface area contributed by atoms with Crippen LogP contribution in [0.2, 0.25) is 0 Å². The van der Waals surface area contributed by atoms with Crippen LogP contribution in [0.15, 0.2) is 24.0 Å². The third-order valence-electron chi connectivity index (χ3n) is 1.10. The fourth-order valence-electron chi connectivity index (χ4n) is 0.606. The summed E-state index contributed by atoms with van der Waals surface area (Å²) in [7, 11) is 0. The molecule has 0 aliphatic heterocycles. The van der Waals surface area contributed by atoms with Gasteiger partial charge >= 0.3 is 0 Å². The van der Waals surface area contributed by atoms with Gasteiger partial charge in [-0.2, -0.15) is 0 Å². The summed E-state index contributed by atoms with van der Waals surface area (Å²) < 4.78 is 0. The average Bonchev–Trinajstić information content (AvgIpc) is 1.77. The highest BCUT2D eigenvalue weighted by molar-refractivity contribution is 5.15. The zero-order valence-electron chi connectivity index (χ0n) is 4.41. The Labute approximate surface area is 47.8 Å². The van der Waals surface area contributed by atoms with E-state index in [-0.39, 0.29) is 5.76 Å². The first-order valence-electron chi connectivity index (χ1n) is 2.54. The highest BCUT2D eigenvalue weighted by Crippen LogP contribution is 2.08. The lowest BCUT2D eigenvalue weighted by Crippen LogP contribution is -2.09. The van der Waals surface area contributed by atoms with Crippen LogP contribution in [0.1, 0.15) is 6.42 Å². The molecular weight excluding hydrogens is 110 g/mol. The Morgan fingerprint density at radius 2 is 2.38 bits per heavy atom. The van der Waals surface area contributed by atoms with Crippen molar-refractivity contribution in [1.29, 1.82) is 0 Å². The molecule has 0 fully saturated rings. The van der Waals surface area contributed by atoms with Crippen molar-refractivity contribution in [1.82, 2.24) is 0 Å². The van der Waals surface area contributed by atoms with Gasteiger partial charge in [0.2, 0.25) is 0 Å². The Balaban J connectivity index is 2.66. The van der Waals surface area contributed by atoms with Gasteiger partial charge < -0.3 is 10.2 Å². The van der Waals surface area contributed by atoms with Gasteiger partial charge in [0.25, 0.3) is 0 Å². The quantitative estimate of drug-likeness (QED) is 0.461. The van der Waals surface area contributed by atoms with Gasteiger partial charge in [0.05, 0.1) is 0 Å². The van der Waals surface area contributed by atoms with Gasteiger partial charge in [-0.05, 0) is 12.5 Å². The fourth-order valence-corrected chi connectivity index (χ4v) is 0.606. The van der Waals surface area contributed by atoms with Crippen molar-refractivity contribution in [2.24, 2.45) is 0 Å². The molecule has 2 heteroatoms. The third kappa shape index (κ3) is 0.898. The maximum absolute atomic E-state index is 8.81. The Bertz CT molecular complexity index is 135. The monoisotopic (exact) mass is 118 g/mol. The van der Waals surface area contributed by atoms with Gasteiger partial charge in [0, 0.05) is 0 Å².